The Bertz CT molecular complexity index is 1090. The highest BCUT2D eigenvalue weighted by atomic mass is 32.2. The third kappa shape index (κ3) is 3.66. The molecular weight excluding hydrogens is 362 g/mol. The van der Waals surface area contributed by atoms with Gasteiger partial charge in [0.2, 0.25) is 0 Å². The maximum Gasteiger partial charge on any atom is 0.270 e. The summed E-state index contributed by atoms with van der Waals surface area (Å²) < 4.78 is 10.6. The molecule has 0 amide bonds. The molecule has 0 saturated heterocycles. The van der Waals surface area contributed by atoms with E-state index in [0.717, 1.165) is 11.1 Å². The average molecular weight is 379 g/mol. The van der Waals surface area contributed by atoms with Gasteiger partial charge in [-0.25, -0.2) is 4.98 Å². The standard InChI is InChI=1S/C20H17N3O3S/c1-25-16-8-7-13(10-17(16)26-2)12-5-4-6-14(9-12)18-15(11-21)19(24)23-20(22-18)27-3/h4-10H,1-3H3,(H,22,23,24). The van der Waals surface area contributed by atoms with E-state index in [0.29, 0.717) is 27.9 Å². The molecule has 1 aromatic heterocycles. The largest absolute Gasteiger partial charge is 0.493 e. The van der Waals surface area contributed by atoms with Gasteiger partial charge in [0.15, 0.2) is 16.7 Å². The summed E-state index contributed by atoms with van der Waals surface area (Å²) in [5.41, 5.74) is 2.45. The Morgan fingerprint density at radius 1 is 1.04 bits per heavy atom. The van der Waals surface area contributed by atoms with E-state index in [2.05, 4.69) is 9.97 Å². The van der Waals surface area contributed by atoms with Crippen molar-refractivity contribution in [1.29, 1.82) is 5.26 Å². The van der Waals surface area contributed by atoms with E-state index in [-0.39, 0.29) is 5.56 Å². The summed E-state index contributed by atoms with van der Waals surface area (Å²) in [7, 11) is 3.17. The lowest BCUT2D eigenvalue weighted by molar-refractivity contribution is 0.355. The summed E-state index contributed by atoms with van der Waals surface area (Å²) >= 11 is 1.31. The Kier molecular flexibility index (Phi) is 5.48. The first-order chi connectivity index (χ1) is 13.1. The Morgan fingerprint density at radius 3 is 2.41 bits per heavy atom. The topological polar surface area (TPSA) is 88.0 Å². The number of aromatic nitrogens is 2. The third-order valence-corrected chi connectivity index (χ3v) is 4.64. The van der Waals surface area contributed by atoms with Crippen LogP contribution in [0.4, 0.5) is 0 Å². The van der Waals surface area contributed by atoms with Crippen LogP contribution in [0.3, 0.4) is 0 Å². The molecule has 0 aliphatic rings. The predicted octanol–water partition coefficient (Wildman–Crippen LogP) is 3.71. The van der Waals surface area contributed by atoms with Gasteiger partial charge in [-0.05, 0) is 35.6 Å². The molecule has 136 valence electrons. The lowest BCUT2D eigenvalue weighted by Crippen LogP contribution is -2.14. The van der Waals surface area contributed by atoms with Crippen LogP contribution >= 0.6 is 11.8 Å². The number of hydrogen-bond donors (Lipinski definition) is 1. The number of thioether (sulfide) groups is 1. The summed E-state index contributed by atoms with van der Waals surface area (Å²) in [4.78, 5) is 19.2. The molecule has 6 nitrogen and oxygen atoms in total. The number of H-pyrrole nitrogens is 1. The van der Waals surface area contributed by atoms with Crippen molar-refractivity contribution in [3.8, 4) is 40.0 Å². The number of methoxy groups -OCH3 is 2. The van der Waals surface area contributed by atoms with E-state index in [4.69, 9.17) is 9.47 Å². The molecule has 0 aliphatic heterocycles. The van der Waals surface area contributed by atoms with Crippen molar-refractivity contribution >= 4 is 11.8 Å². The lowest BCUT2D eigenvalue weighted by Gasteiger charge is -2.11. The smallest absolute Gasteiger partial charge is 0.270 e. The first-order valence-corrected chi connectivity index (χ1v) is 9.25. The van der Waals surface area contributed by atoms with E-state index in [1.165, 1.54) is 11.8 Å². The molecule has 0 unspecified atom stereocenters. The first kappa shape index (κ1) is 18.5. The first-order valence-electron chi connectivity index (χ1n) is 8.02. The molecular formula is C20H17N3O3S. The van der Waals surface area contributed by atoms with E-state index in [9.17, 15) is 10.1 Å². The van der Waals surface area contributed by atoms with Gasteiger partial charge in [0.25, 0.3) is 5.56 Å². The quantitative estimate of drug-likeness (QED) is 0.537. The van der Waals surface area contributed by atoms with Crippen LogP contribution < -0.4 is 15.0 Å². The van der Waals surface area contributed by atoms with Crippen LogP contribution in [0.15, 0.2) is 52.4 Å². The second-order valence-electron chi connectivity index (χ2n) is 5.56. The molecule has 1 N–H and O–H groups in total. The van der Waals surface area contributed by atoms with Crippen LogP contribution in [-0.2, 0) is 0 Å². The van der Waals surface area contributed by atoms with Gasteiger partial charge in [-0.3, -0.25) is 4.79 Å². The van der Waals surface area contributed by atoms with Gasteiger partial charge in [-0.2, -0.15) is 5.26 Å². The summed E-state index contributed by atoms with van der Waals surface area (Å²) in [6.07, 6.45) is 1.81. The molecule has 0 radical (unpaired) electrons. The minimum absolute atomic E-state index is 0.00254. The Labute approximate surface area is 160 Å². The minimum atomic E-state index is -0.441. The van der Waals surface area contributed by atoms with Crippen LogP contribution in [0.25, 0.3) is 22.4 Å². The predicted molar refractivity (Wildman–Crippen MR) is 105 cm³/mol. The SMILES string of the molecule is COc1ccc(-c2cccc(-c3nc(SC)[nH]c(=O)c3C#N)c2)cc1OC. The van der Waals surface area contributed by atoms with Crippen LogP contribution in [0.2, 0.25) is 0 Å². The van der Waals surface area contributed by atoms with Crippen molar-refractivity contribution in [2.24, 2.45) is 0 Å². The van der Waals surface area contributed by atoms with E-state index >= 15 is 0 Å². The number of nitrogens with one attached hydrogen (secondary N) is 1. The van der Waals surface area contributed by atoms with Gasteiger partial charge >= 0.3 is 0 Å². The molecule has 2 aromatic carbocycles. The number of nitrogens with zero attached hydrogens (tertiary/aromatic N) is 2. The lowest BCUT2D eigenvalue weighted by atomic mass is 10.00. The van der Waals surface area contributed by atoms with Crippen molar-refractivity contribution in [3.63, 3.8) is 0 Å². The number of benzene rings is 2. The van der Waals surface area contributed by atoms with Crippen LogP contribution in [-0.4, -0.2) is 30.4 Å². The normalized spacial score (nSPS) is 10.3. The van der Waals surface area contributed by atoms with Gasteiger partial charge in [0.05, 0.1) is 19.9 Å². The molecule has 0 spiro atoms. The highest BCUT2D eigenvalue weighted by molar-refractivity contribution is 7.98. The fourth-order valence-corrected chi connectivity index (χ4v) is 3.10. The van der Waals surface area contributed by atoms with Crippen molar-refractivity contribution < 1.29 is 9.47 Å². The minimum Gasteiger partial charge on any atom is -0.493 e. The monoisotopic (exact) mass is 379 g/mol. The highest BCUT2D eigenvalue weighted by Crippen LogP contribution is 2.33. The summed E-state index contributed by atoms with van der Waals surface area (Å²) in [5.74, 6) is 1.27. The van der Waals surface area contributed by atoms with Crippen molar-refractivity contribution in [1.82, 2.24) is 9.97 Å². The van der Waals surface area contributed by atoms with Crippen LogP contribution in [0.1, 0.15) is 5.56 Å². The van der Waals surface area contributed by atoms with Gasteiger partial charge in [-0.1, -0.05) is 36.0 Å². The molecule has 0 fully saturated rings. The maximum absolute atomic E-state index is 12.2. The molecule has 27 heavy (non-hydrogen) atoms. The zero-order chi connectivity index (χ0) is 19.4. The molecule has 0 bridgehead atoms. The fourth-order valence-electron chi connectivity index (χ4n) is 2.72. The van der Waals surface area contributed by atoms with Crippen molar-refractivity contribution in [3.05, 3.63) is 58.4 Å². The molecule has 1 heterocycles. The molecule has 0 saturated carbocycles. The van der Waals surface area contributed by atoms with Crippen LogP contribution in [0.5, 0.6) is 11.5 Å². The van der Waals surface area contributed by atoms with E-state index < -0.39 is 5.56 Å². The van der Waals surface area contributed by atoms with Crippen LogP contribution in [0, 0.1) is 11.3 Å². The second kappa shape index (κ2) is 7.98. The summed E-state index contributed by atoms with van der Waals surface area (Å²) in [6.45, 7) is 0. The molecule has 0 atom stereocenters. The van der Waals surface area contributed by atoms with Gasteiger partial charge in [0.1, 0.15) is 11.6 Å². The Balaban J connectivity index is 2.14. The molecule has 3 rings (SSSR count). The Hall–Kier alpha value is -3.24. The summed E-state index contributed by atoms with van der Waals surface area (Å²) in [5, 5.41) is 9.85. The van der Waals surface area contributed by atoms with E-state index in [1.54, 1.807) is 14.2 Å². The van der Waals surface area contributed by atoms with Crippen molar-refractivity contribution in [2.45, 2.75) is 5.16 Å². The fraction of sp³-hybridized carbons (Fsp3) is 0.150. The number of ether oxygens (including phenoxy) is 2. The average Bonchev–Trinajstić information content (AvgIpc) is 2.72. The zero-order valence-corrected chi connectivity index (χ0v) is 15.9. The zero-order valence-electron chi connectivity index (χ0n) is 15.1. The van der Waals surface area contributed by atoms with Crippen molar-refractivity contribution in [2.75, 3.05) is 20.5 Å². The summed E-state index contributed by atoms with van der Waals surface area (Å²) in [6, 6.07) is 15.1. The second-order valence-corrected chi connectivity index (χ2v) is 6.36. The molecule has 3 aromatic rings. The molecule has 0 aliphatic carbocycles. The Morgan fingerprint density at radius 2 is 1.74 bits per heavy atom. The number of hydrogen-bond acceptors (Lipinski definition) is 6. The molecule has 7 heteroatoms. The van der Waals surface area contributed by atoms with E-state index in [1.807, 2.05) is 54.8 Å². The number of rotatable bonds is 5. The van der Waals surface area contributed by atoms with Gasteiger partial charge in [0, 0.05) is 5.56 Å². The van der Waals surface area contributed by atoms with Gasteiger partial charge < -0.3 is 14.5 Å². The highest BCUT2D eigenvalue weighted by Gasteiger charge is 2.14. The third-order valence-electron chi connectivity index (χ3n) is 4.06. The number of nitriles is 1. The number of aromatic amines is 1. The van der Waals surface area contributed by atoms with Gasteiger partial charge in [-0.15, -0.1) is 0 Å². The maximum atomic E-state index is 12.2.